The highest BCUT2D eigenvalue weighted by atomic mass is 32.2. The first-order valence-electron chi connectivity index (χ1n) is 8.61. The van der Waals surface area contributed by atoms with Crippen molar-refractivity contribution in [1.82, 2.24) is 14.7 Å². The predicted octanol–water partition coefficient (Wildman–Crippen LogP) is 2.86. The SMILES string of the molecule is CN(C(=O)c1cn(-c2ccccc2)nc1-c1cccs1)[C@@H]1CCS(=O)(=O)C1. The third kappa shape index (κ3) is 3.54. The Kier molecular flexibility index (Phi) is 4.61. The summed E-state index contributed by atoms with van der Waals surface area (Å²) in [6.07, 6.45) is 2.21. The quantitative estimate of drug-likeness (QED) is 0.674. The van der Waals surface area contributed by atoms with Crippen molar-refractivity contribution in [1.29, 1.82) is 0 Å². The monoisotopic (exact) mass is 401 g/mol. The van der Waals surface area contributed by atoms with E-state index in [2.05, 4.69) is 5.10 Å². The molecule has 1 aliphatic heterocycles. The van der Waals surface area contributed by atoms with Crippen molar-refractivity contribution in [3.8, 4) is 16.3 Å². The maximum absolute atomic E-state index is 13.2. The third-order valence-electron chi connectivity index (χ3n) is 4.80. The van der Waals surface area contributed by atoms with Crippen LogP contribution in [-0.2, 0) is 9.84 Å². The second-order valence-corrected chi connectivity index (χ2v) is 9.80. The molecule has 0 saturated carbocycles. The molecule has 1 aliphatic rings. The average Bonchev–Trinajstić information content (AvgIpc) is 3.40. The fourth-order valence-electron chi connectivity index (χ4n) is 3.28. The zero-order valence-corrected chi connectivity index (χ0v) is 16.4. The van der Waals surface area contributed by atoms with Crippen LogP contribution in [0.3, 0.4) is 0 Å². The molecule has 1 atom stereocenters. The molecule has 0 N–H and O–H groups in total. The minimum absolute atomic E-state index is 0.0242. The highest BCUT2D eigenvalue weighted by Gasteiger charge is 2.34. The number of nitrogens with zero attached hydrogens (tertiary/aromatic N) is 3. The van der Waals surface area contributed by atoms with E-state index in [1.165, 1.54) is 11.3 Å². The highest BCUT2D eigenvalue weighted by molar-refractivity contribution is 7.91. The summed E-state index contributed by atoms with van der Waals surface area (Å²) < 4.78 is 25.3. The first-order valence-corrected chi connectivity index (χ1v) is 11.3. The first kappa shape index (κ1) is 17.9. The zero-order chi connectivity index (χ0) is 19.0. The molecule has 3 aromatic rings. The number of sulfone groups is 1. The van der Waals surface area contributed by atoms with Crippen LogP contribution in [0.25, 0.3) is 16.3 Å². The topological polar surface area (TPSA) is 72.3 Å². The van der Waals surface area contributed by atoms with Crippen molar-refractivity contribution in [2.75, 3.05) is 18.6 Å². The van der Waals surface area contributed by atoms with Crippen LogP contribution in [0, 0.1) is 0 Å². The summed E-state index contributed by atoms with van der Waals surface area (Å²) in [5, 5.41) is 6.59. The Morgan fingerprint density at radius 3 is 2.63 bits per heavy atom. The number of aromatic nitrogens is 2. The Morgan fingerprint density at radius 1 is 1.22 bits per heavy atom. The summed E-state index contributed by atoms with van der Waals surface area (Å²) in [7, 11) is -1.39. The molecule has 140 valence electrons. The summed E-state index contributed by atoms with van der Waals surface area (Å²) in [5.74, 6) is -0.0464. The van der Waals surface area contributed by atoms with Crippen LogP contribution in [0.4, 0.5) is 0 Å². The lowest BCUT2D eigenvalue weighted by Gasteiger charge is -2.23. The van der Waals surface area contributed by atoms with Crippen LogP contribution in [0.2, 0.25) is 0 Å². The predicted molar refractivity (Wildman–Crippen MR) is 106 cm³/mol. The Bertz CT molecular complexity index is 1060. The van der Waals surface area contributed by atoms with Crippen LogP contribution in [-0.4, -0.2) is 53.6 Å². The molecule has 0 aliphatic carbocycles. The van der Waals surface area contributed by atoms with Gasteiger partial charge >= 0.3 is 0 Å². The molecule has 8 heteroatoms. The van der Waals surface area contributed by atoms with E-state index in [-0.39, 0.29) is 23.5 Å². The van der Waals surface area contributed by atoms with Crippen molar-refractivity contribution >= 4 is 27.1 Å². The van der Waals surface area contributed by atoms with Crippen LogP contribution in [0.1, 0.15) is 16.8 Å². The number of rotatable bonds is 4. The molecular weight excluding hydrogens is 382 g/mol. The summed E-state index contributed by atoms with van der Waals surface area (Å²) in [6, 6.07) is 13.2. The van der Waals surface area contributed by atoms with Gasteiger partial charge in [0.25, 0.3) is 5.91 Å². The van der Waals surface area contributed by atoms with E-state index in [1.807, 2.05) is 47.8 Å². The molecule has 1 amide bonds. The number of amides is 1. The molecule has 6 nitrogen and oxygen atoms in total. The van der Waals surface area contributed by atoms with E-state index in [1.54, 1.807) is 22.8 Å². The lowest BCUT2D eigenvalue weighted by atomic mass is 10.1. The number of hydrogen-bond acceptors (Lipinski definition) is 5. The van der Waals surface area contributed by atoms with E-state index >= 15 is 0 Å². The Balaban J connectivity index is 1.72. The lowest BCUT2D eigenvalue weighted by Crippen LogP contribution is -2.37. The van der Waals surface area contributed by atoms with Crippen molar-refractivity contribution < 1.29 is 13.2 Å². The first-order chi connectivity index (χ1) is 12.9. The van der Waals surface area contributed by atoms with E-state index in [4.69, 9.17) is 0 Å². The molecule has 1 saturated heterocycles. The van der Waals surface area contributed by atoms with Gasteiger partial charge in [-0.1, -0.05) is 24.3 Å². The largest absolute Gasteiger partial charge is 0.338 e. The van der Waals surface area contributed by atoms with Crippen molar-refractivity contribution in [3.63, 3.8) is 0 Å². The van der Waals surface area contributed by atoms with Gasteiger partial charge in [0.2, 0.25) is 0 Å². The van der Waals surface area contributed by atoms with E-state index in [9.17, 15) is 13.2 Å². The second-order valence-electron chi connectivity index (χ2n) is 6.62. The molecule has 1 fully saturated rings. The minimum Gasteiger partial charge on any atom is -0.338 e. The number of carbonyl (C=O) groups excluding carboxylic acids is 1. The maximum atomic E-state index is 13.2. The summed E-state index contributed by atoms with van der Waals surface area (Å²) in [4.78, 5) is 15.6. The van der Waals surface area contributed by atoms with Crippen LogP contribution in [0.15, 0.2) is 54.0 Å². The zero-order valence-electron chi connectivity index (χ0n) is 14.8. The molecule has 0 bridgehead atoms. The molecule has 1 aromatic carbocycles. The van der Waals surface area contributed by atoms with E-state index in [0.717, 1.165) is 10.6 Å². The smallest absolute Gasteiger partial charge is 0.257 e. The second kappa shape index (κ2) is 6.94. The molecule has 0 unspecified atom stereocenters. The van der Waals surface area contributed by atoms with Gasteiger partial charge in [-0.25, -0.2) is 13.1 Å². The molecule has 2 aromatic heterocycles. The van der Waals surface area contributed by atoms with Crippen LogP contribution in [0.5, 0.6) is 0 Å². The van der Waals surface area contributed by atoms with Gasteiger partial charge in [-0.2, -0.15) is 5.10 Å². The molecule has 4 rings (SSSR count). The molecule has 3 heterocycles. The summed E-state index contributed by atoms with van der Waals surface area (Å²) in [5.41, 5.74) is 1.96. The lowest BCUT2D eigenvalue weighted by molar-refractivity contribution is 0.0748. The minimum atomic E-state index is -3.06. The van der Waals surface area contributed by atoms with Gasteiger partial charge < -0.3 is 4.90 Å². The fraction of sp³-hybridized carbons (Fsp3) is 0.263. The third-order valence-corrected chi connectivity index (χ3v) is 7.42. The Hall–Kier alpha value is -2.45. The van der Waals surface area contributed by atoms with E-state index in [0.29, 0.717) is 17.7 Å². The molecule has 0 spiro atoms. The average molecular weight is 402 g/mol. The number of carbonyl (C=O) groups is 1. The van der Waals surface area contributed by atoms with Gasteiger partial charge in [0.15, 0.2) is 9.84 Å². The van der Waals surface area contributed by atoms with Gasteiger partial charge in [-0.3, -0.25) is 4.79 Å². The Labute approximate surface area is 162 Å². The number of hydrogen-bond donors (Lipinski definition) is 0. The molecule has 0 radical (unpaired) electrons. The number of para-hydroxylation sites is 1. The number of thiophene rings is 1. The summed E-state index contributed by atoms with van der Waals surface area (Å²) >= 11 is 1.52. The van der Waals surface area contributed by atoms with Crippen molar-refractivity contribution in [2.24, 2.45) is 0 Å². The summed E-state index contributed by atoms with van der Waals surface area (Å²) in [6.45, 7) is 0. The fourth-order valence-corrected chi connectivity index (χ4v) is 5.77. The highest BCUT2D eigenvalue weighted by Crippen LogP contribution is 2.29. The Morgan fingerprint density at radius 2 is 2.00 bits per heavy atom. The van der Waals surface area contributed by atoms with Gasteiger partial charge in [-0.05, 0) is 30.0 Å². The van der Waals surface area contributed by atoms with Gasteiger partial charge in [0, 0.05) is 19.3 Å². The van der Waals surface area contributed by atoms with Crippen LogP contribution < -0.4 is 0 Å². The molecule has 27 heavy (non-hydrogen) atoms. The van der Waals surface area contributed by atoms with Crippen molar-refractivity contribution in [2.45, 2.75) is 12.5 Å². The van der Waals surface area contributed by atoms with Gasteiger partial charge in [-0.15, -0.1) is 11.3 Å². The molecular formula is C19H19N3O3S2. The van der Waals surface area contributed by atoms with E-state index < -0.39 is 9.84 Å². The van der Waals surface area contributed by atoms with Gasteiger partial charge in [0.05, 0.1) is 27.6 Å². The van der Waals surface area contributed by atoms with Crippen LogP contribution >= 0.6 is 11.3 Å². The van der Waals surface area contributed by atoms with Crippen molar-refractivity contribution in [3.05, 3.63) is 59.6 Å². The van der Waals surface area contributed by atoms with Gasteiger partial charge in [0.1, 0.15) is 5.69 Å². The normalized spacial score (nSPS) is 18.5. The number of benzene rings is 1. The standard InChI is InChI=1S/C19H19N3O3S2/c1-21(15-9-11-27(24,25)13-15)19(23)16-12-22(14-6-3-2-4-7-14)20-18(16)17-8-5-10-26-17/h2-8,10,12,15H,9,11,13H2,1H3/t15-/m1/s1. The maximum Gasteiger partial charge on any atom is 0.257 e.